The van der Waals surface area contributed by atoms with Crippen LogP contribution in [-0.2, 0) is 4.74 Å². The quantitative estimate of drug-likeness (QED) is 0.390. The van der Waals surface area contributed by atoms with Crippen molar-refractivity contribution in [3.8, 4) is 0 Å². The number of nitrogens with zero attached hydrogens (tertiary/aromatic N) is 1. The van der Waals surface area contributed by atoms with Gasteiger partial charge in [-0.3, -0.25) is 0 Å². The average Bonchev–Trinajstić information content (AvgIpc) is 2.12. The van der Waals surface area contributed by atoms with Gasteiger partial charge in [-0.15, -0.1) is 0 Å². The maximum absolute atomic E-state index is 5.07. The molecule has 0 radical (unpaired) electrons. The van der Waals surface area contributed by atoms with Gasteiger partial charge in [0.15, 0.2) is 0 Å². The van der Waals surface area contributed by atoms with E-state index >= 15 is 0 Å². The molecule has 1 fully saturated rings. The molecule has 0 aromatic heterocycles. The lowest BCUT2D eigenvalue weighted by Gasteiger charge is -2.22. The summed E-state index contributed by atoms with van der Waals surface area (Å²) in [5.41, 5.74) is 0. The van der Waals surface area contributed by atoms with Gasteiger partial charge in [0, 0.05) is 0 Å². The van der Waals surface area contributed by atoms with Crippen LogP contribution in [0.4, 0.5) is 0 Å². The zero-order chi connectivity index (χ0) is 6.20. The third-order valence-corrected chi connectivity index (χ3v) is 1.15. The Labute approximate surface area is 56.1 Å². The van der Waals surface area contributed by atoms with Gasteiger partial charge in [-0.25, -0.2) is 0 Å². The number of hydrogen-bond acceptors (Lipinski definition) is 2. The summed E-state index contributed by atoms with van der Waals surface area (Å²) in [6, 6.07) is 0. The van der Waals surface area contributed by atoms with E-state index < -0.39 is 0 Å². The highest BCUT2D eigenvalue weighted by molar-refractivity contribution is 4.66. The first kappa shape index (κ1) is 8.88. The van der Waals surface area contributed by atoms with Crippen LogP contribution in [-0.4, -0.2) is 50.4 Å². The summed E-state index contributed by atoms with van der Waals surface area (Å²) in [4.78, 5) is 0. The molecule has 1 saturated heterocycles. The van der Waals surface area contributed by atoms with Gasteiger partial charge < -0.3 is 14.7 Å². The van der Waals surface area contributed by atoms with E-state index in [1.54, 1.807) is 0 Å². The Morgan fingerprint density at radius 2 is 1.89 bits per heavy atom. The minimum absolute atomic E-state index is 0. The van der Waals surface area contributed by atoms with Crippen molar-refractivity contribution < 1.29 is 14.7 Å². The second-order valence-electron chi connectivity index (χ2n) is 3.43. The molecule has 0 aromatic carbocycles. The molecule has 1 aliphatic heterocycles. The second-order valence-corrected chi connectivity index (χ2v) is 3.43. The van der Waals surface area contributed by atoms with Crippen molar-refractivity contribution in [2.75, 3.05) is 34.3 Å². The molecule has 1 heterocycles. The third kappa shape index (κ3) is 4.39. The highest BCUT2D eigenvalue weighted by atomic mass is 16.6. The maximum Gasteiger partial charge on any atom is 0.130 e. The molecule has 1 N–H and O–H groups in total. The smallest absolute Gasteiger partial charge is 0.130 e. The second kappa shape index (κ2) is 2.64. The van der Waals surface area contributed by atoms with E-state index in [0.717, 1.165) is 17.6 Å². The van der Waals surface area contributed by atoms with Gasteiger partial charge in [0.2, 0.25) is 0 Å². The highest BCUT2D eigenvalue weighted by Crippen LogP contribution is 2.11. The molecule has 1 rings (SSSR count). The molecule has 9 heavy (non-hydrogen) atoms. The Hall–Kier alpha value is -0.120. The van der Waals surface area contributed by atoms with Gasteiger partial charge in [-0.1, -0.05) is 0 Å². The van der Waals surface area contributed by atoms with Gasteiger partial charge >= 0.3 is 0 Å². The van der Waals surface area contributed by atoms with Crippen LogP contribution in [0.1, 0.15) is 0 Å². The Morgan fingerprint density at radius 3 is 2.00 bits per heavy atom. The van der Waals surface area contributed by atoms with E-state index in [1.807, 2.05) is 0 Å². The summed E-state index contributed by atoms with van der Waals surface area (Å²) in [6.07, 6.45) is 0.565. The van der Waals surface area contributed by atoms with Crippen molar-refractivity contribution in [1.29, 1.82) is 0 Å². The molecule has 56 valence electrons. The van der Waals surface area contributed by atoms with Crippen LogP contribution < -0.4 is 0 Å². The Morgan fingerprint density at radius 1 is 1.44 bits per heavy atom. The molecule has 0 amide bonds. The first-order chi connectivity index (χ1) is 3.58. The predicted octanol–water partition coefficient (Wildman–Crippen LogP) is -0.0854. The fourth-order valence-electron chi connectivity index (χ4n) is 0.784. The van der Waals surface area contributed by atoms with E-state index in [1.165, 1.54) is 0 Å². The number of likely N-dealkylation sites (N-methyl/N-ethyl adjacent to an activating group) is 1. The number of quaternary nitrogens is 1. The van der Waals surface area contributed by atoms with Gasteiger partial charge in [-0.2, -0.15) is 0 Å². The number of ether oxygens (including phenoxy) is 1. The van der Waals surface area contributed by atoms with E-state index in [4.69, 9.17) is 4.74 Å². The Balaban J connectivity index is 0.000000640. The summed E-state index contributed by atoms with van der Waals surface area (Å²) < 4.78 is 6.09. The lowest BCUT2D eigenvalue weighted by atomic mass is 10.4. The van der Waals surface area contributed by atoms with Crippen LogP contribution in [0, 0.1) is 0 Å². The van der Waals surface area contributed by atoms with E-state index in [9.17, 15) is 0 Å². The van der Waals surface area contributed by atoms with Crippen LogP contribution in [0.15, 0.2) is 0 Å². The molecule has 0 saturated carbocycles. The maximum atomic E-state index is 5.07. The average molecular weight is 133 g/mol. The monoisotopic (exact) mass is 133 g/mol. The summed E-state index contributed by atoms with van der Waals surface area (Å²) in [6.45, 7) is 2.13. The van der Waals surface area contributed by atoms with E-state index in [2.05, 4.69) is 21.1 Å². The molecular weight excluding hydrogens is 118 g/mol. The SMILES string of the molecule is C[N+](C)(C)CC1CO1.[OH-]. The van der Waals surface area contributed by atoms with Crippen LogP contribution in [0.2, 0.25) is 0 Å². The van der Waals surface area contributed by atoms with Gasteiger partial charge in [0.1, 0.15) is 12.6 Å². The van der Waals surface area contributed by atoms with Crippen LogP contribution in [0.25, 0.3) is 0 Å². The fraction of sp³-hybridized carbons (Fsp3) is 1.00. The van der Waals surface area contributed by atoms with Gasteiger partial charge in [0.05, 0.1) is 27.7 Å². The molecule has 0 aliphatic carbocycles. The molecule has 1 aliphatic rings. The molecule has 1 unspecified atom stereocenters. The van der Waals surface area contributed by atoms with Crippen molar-refractivity contribution in [2.45, 2.75) is 6.10 Å². The van der Waals surface area contributed by atoms with Crippen molar-refractivity contribution in [3.05, 3.63) is 0 Å². The first-order valence-electron chi connectivity index (χ1n) is 3.00. The predicted molar refractivity (Wildman–Crippen MR) is 34.6 cm³/mol. The number of rotatable bonds is 2. The lowest BCUT2D eigenvalue weighted by Crippen LogP contribution is -2.37. The lowest BCUT2D eigenvalue weighted by molar-refractivity contribution is -0.870. The minimum atomic E-state index is 0. The van der Waals surface area contributed by atoms with Crippen molar-refractivity contribution in [3.63, 3.8) is 0 Å². The molecule has 3 nitrogen and oxygen atoms in total. The zero-order valence-corrected chi connectivity index (χ0v) is 6.29. The topological polar surface area (TPSA) is 42.5 Å². The van der Waals surface area contributed by atoms with E-state index in [0.29, 0.717) is 6.10 Å². The molecule has 0 bridgehead atoms. The Kier molecular flexibility index (Phi) is 2.61. The Bertz CT molecular complexity index is 83.5. The highest BCUT2D eigenvalue weighted by Gasteiger charge is 2.28. The van der Waals surface area contributed by atoms with Crippen LogP contribution in [0.3, 0.4) is 0 Å². The third-order valence-electron chi connectivity index (χ3n) is 1.15. The minimum Gasteiger partial charge on any atom is -0.870 e. The van der Waals surface area contributed by atoms with Gasteiger partial charge in [-0.05, 0) is 0 Å². The fourth-order valence-corrected chi connectivity index (χ4v) is 0.784. The van der Waals surface area contributed by atoms with Gasteiger partial charge in [0.25, 0.3) is 0 Å². The largest absolute Gasteiger partial charge is 0.870 e. The zero-order valence-electron chi connectivity index (χ0n) is 6.29. The van der Waals surface area contributed by atoms with Crippen molar-refractivity contribution in [1.82, 2.24) is 0 Å². The molecule has 1 atom stereocenters. The number of hydrogen-bond donors (Lipinski definition) is 0. The van der Waals surface area contributed by atoms with E-state index in [-0.39, 0.29) is 5.48 Å². The summed E-state index contributed by atoms with van der Waals surface area (Å²) in [7, 11) is 6.55. The van der Waals surface area contributed by atoms with Crippen molar-refractivity contribution >= 4 is 0 Å². The summed E-state index contributed by atoms with van der Waals surface area (Å²) >= 11 is 0. The summed E-state index contributed by atoms with van der Waals surface area (Å²) in [5, 5.41) is 0. The molecular formula is C6H15NO2. The molecule has 3 heteroatoms. The molecule has 0 aromatic rings. The van der Waals surface area contributed by atoms with Crippen molar-refractivity contribution in [2.24, 2.45) is 0 Å². The standard InChI is InChI=1S/C6H14NO.H2O/c1-7(2,3)4-6-5-8-6;/h6H,4-5H2,1-3H3;1H2/q+1;/p-1. The summed E-state index contributed by atoms with van der Waals surface area (Å²) in [5.74, 6) is 0. The normalized spacial score (nSPS) is 25.0. The number of epoxide rings is 1. The molecule has 0 spiro atoms. The van der Waals surface area contributed by atoms with Crippen LogP contribution >= 0.6 is 0 Å². The van der Waals surface area contributed by atoms with Crippen LogP contribution in [0.5, 0.6) is 0 Å². The first-order valence-corrected chi connectivity index (χ1v) is 3.00.